The van der Waals surface area contributed by atoms with E-state index in [1.165, 1.54) is 0 Å². The van der Waals surface area contributed by atoms with Crippen molar-refractivity contribution < 1.29 is 14.3 Å². The van der Waals surface area contributed by atoms with Crippen LogP contribution in [0.2, 0.25) is 0 Å². The molecule has 1 saturated heterocycles. The van der Waals surface area contributed by atoms with Crippen molar-refractivity contribution in [3.8, 4) is 6.07 Å². The Hall–Kier alpha value is -3.39. The van der Waals surface area contributed by atoms with Gasteiger partial charge in [-0.3, -0.25) is 9.69 Å². The summed E-state index contributed by atoms with van der Waals surface area (Å²) in [6.07, 6.45) is 4.12. The molecule has 3 rings (SSSR count). The van der Waals surface area contributed by atoms with E-state index in [0.717, 1.165) is 36.8 Å². The maximum atomic E-state index is 13.8. The van der Waals surface area contributed by atoms with Crippen LogP contribution in [0.5, 0.6) is 0 Å². The second kappa shape index (κ2) is 11.3. The highest BCUT2D eigenvalue weighted by Gasteiger charge is 2.32. The summed E-state index contributed by atoms with van der Waals surface area (Å²) in [5.74, 6) is 0.326. The molecule has 1 fully saturated rings. The summed E-state index contributed by atoms with van der Waals surface area (Å²) in [4.78, 5) is 27.9. The number of cyclic esters (lactones) is 1. The molecule has 32 heavy (non-hydrogen) atoms. The number of unbranched alkanes of at least 4 members (excludes halogenated alkanes) is 1. The van der Waals surface area contributed by atoms with Crippen LogP contribution in [0.4, 0.5) is 4.79 Å². The van der Waals surface area contributed by atoms with Crippen LogP contribution in [0.3, 0.4) is 0 Å². The van der Waals surface area contributed by atoms with Crippen LogP contribution in [0.15, 0.2) is 54.6 Å². The number of nitriles is 1. The van der Waals surface area contributed by atoms with Gasteiger partial charge in [0.1, 0.15) is 6.61 Å². The smallest absolute Gasteiger partial charge is 0.414 e. The van der Waals surface area contributed by atoms with E-state index in [-0.39, 0.29) is 12.4 Å². The molecular formula is C27H30N2O3. The van der Waals surface area contributed by atoms with Crippen molar-refractivity contribution >= 4 is 23.1 Å². The number of amides is 1. The van der Waals surface area contributed by atoms with Gasteiger partial charge in [0.25, 0.3) is 0 Å². The normalized spacial score (nSPS) is 15.0. The van der Waals surface area contributed by atoms with Crippen LogP contribution in [0, 0.1) is 17.2 Å². The number of hydrogen-bond acceptors (Lipinski definition) is 4. The minimum Gasteiger partial charge on any atom is -0.447 e. The first kappa shape index (κ1) is 23.3. The molecule has 0 N–H and O–H groups in total. The lowest BCUT2D eigenvalue weighted by Crippen LogP contribution is -2.26. The molecular weight excluding hydrogens is 400 g/mol. The third-order valence-electron chi connectivity index (χ3n) is 5.91. The van der Waals surface area contributed by atoms with Gasteiger partial charge < -0.3 is 4.74 Å². The standard InChI is InChI=1S/C27H30N2O3/c1-3-5-9-20(4-2)18-24(30)25(22-10-7-6-8-11-22)26(29-16-17-32-27(29)31)23-14-12-21(19-28)13-15-23/h6-8,10-15,20H,3-5,9,16-18H2,1-2H3/b26-25+. The van der Waals surface area contributed by atoms with Gasteiger partial charge in [0.2, 0.25) is 0 Å². The molecule has 2 aromatic carbocycles. The van der Waals surface area contributed by atoms with Crippen molar-refractivity contribution in [2.75, 3.05) is 13.2 Å². The first-order valence-electron chi connectivity index (χ1n) is 11.4. The minimum absolute atomic E-state index is 0.0261. The number of carbonyl (C=O) groups is 2. The summed E-state index contributed by atoms with van der Waals surface area (Å²) in [5.41, 5.74) is 3.11. The molecule has 0 spiro atoms. The largest absolute Gasteiger partial charge is 0.447 e. The summed E-state index contributed by atoms with van der Waals surface area (Å²) in [7, 11) is 0. The van der Waals surface area contributed by atoms with Crippen molar-refractivity contribution in [2.45, 2.75) is 46.0 Å². The number of carbonyl (C=O) groups excluding carboxylic acids is 2. The number of ether oxygens (including phenoxy) is 1. The zero-order valence-electron chi connectivity index (χ0n) is 18.8. The molecule has 1 heterocycles. The number of ketones is 1. The predicted molar refractivity (Wildman–Crippen MR) is 125 cm³/mol. The van der Waals surface area contributed by atoms with Gasteiger partial charge in [-0.25, -0.2) is 4.79 Å². The van der Waals surface area contributed by atoms with Gasteiger partial charge in [-0.2, -0.15) is 5.26 Å². The highest BCUT2D eigenvalue weighted by Crippen LogP contribution is 2.34. The summed E-state index contributed by atoms with van der Waals surface area (Å²) in [5, 5.41) is 9.19. The van der Waals surface area contributed by atoms with Gasteiger partial charge in [-0.15, -0.1) is 0 Å². The Kier molecular flexibility index (Phi) is 8.21. The van der Waals surface area contributed by atoms with Gasteiger partial charge in [0, 0.05) is 12.0 Å². The lowest BCUT2D eigenvalue weighted by molar-refractivity contribution is -0.114. The van der Waals surface area contributed by atoms with Crippen molar-refractivity contribution in [3.05, 3.63) is 71.3 Å². The van der Waals surface area contributed by atoms with Crippen LogP contribution in [-0.2, 0) is 9.53 Å². The van der Waals surface area contributed by atoms with E-state index in [4.69, 9.17) is 4.74 Å². The molecule has 0 radical (unpaired) electrons. The number of nitrogens with zero attached hydrogens (tertiary/aromatic N) is 2. The molecule has 5 heteroatoms. The van der Waals surface area contributed by atoms with E-state index >= 15 is 0 Å². The highest BCUT2D eigenvalue weighted by molar-refractivity contribution is 6.28. The Balaban J connectivity index is 2.16. The van der Waals surface area contributed by atoms with E-state index in [1.807, 2.05) is 30.3 Å². The second-order valence-corrected chi connectivity index (χ2v) is 8.09. The molecule has 166 valence electrons. The Labute approximate surface area is 190 Å². The van der Waals surface area contributed by atoms with Crippen molar-refractivity contribution in [2.24, 2.45) is 5.92 Å². The third-order valence-corrected chi connectivity index (χ3v) is 5.91. The molecule has 1 amide bonds. The highest BCUT2D eigenvalue weighted by atomic mass is 16.6. The first-order chi connectivity index (χ1) is 15.6. The van der Waals surface area contributed by atoms with Crippen LogP contribution in [0.25, 0.3) is 11.3 Å². The van der Waals surface area contributed by atoms with E-state index in [0.29, 0.717) is 35.7 Å². The number of allylic oxidation sites excluding steroid dienone is 1. The lowest BCUT2D eigenvalue weighted by atomic mass is 9.87. The molecule has 1 aliphatic rings. The zero-order valence-corrected chi connectivity index (χ0v) is 18.8. The molecule has 0 saturated carbocycles. The Bertz CT molecular complexity index is 1000. The summed E-state index contributed by atoms with van der Waals surface area (Å²) < 4.78 is 5.22. The fraction of sp³-hybridized carbons (Fsp3) is 0.370. The van der Waals surface area contributed by atoms with E-state index in [9.17, 15) is 14.9 Å². The molecule has 0 bridgehead atoms. The quantitative estimate of drug-likeness (QED) is 0.340. The third kappa shape index (κ3) is 5.45. The topological polar surface area (TPSA) is 70.4 Å². The van der Waals surface area contributed by atoms with E-state index < -0.39 is 6.09 Å². The number of hydrogen-bond donors (Lipinski definition) is 0. The Morgan fingerprint density at radius 2 is 1.81 bits per heavy atom. The number of benzene rings is 2. The van der Waals surface area contributed by atoms with Crippen molar-refractivity contribution in [1.82, 2.24) is 4.90 Å². The molecule has 1 unspecified atom stereocenters. The van der Waals surface area contributed by atoms with Crippen molar-refractivity contribution in [3.63, 3.8) is 0 Å². The second-order valence-electron chi connectivity index (χ2n) is 8.09. The van der Waals surface area contributed by atoms with Crippen LogP contribution < -0.4 is 0 Å². The van der Waals surface area contributed by atoms with Crippen LogP contribution in [-0.4, -0.2) is 29.9 Å². The lowest BCUT2D eigenvalue weighted by Gasteiger charge is -2.23. The predicted octanol–water partition coefficient (Wildman–Crippen LogP) is 6.05. The van der Waals surface area contributed by atoms with Gasteiger partial charge >= 0.3 is 6.09 Å². The first-order valence-corrected chi connectivity index (χ1v) is 11.4. The van der Waals surface area contributed by atoms with Crippen LogP contribution >= 0.6 is 0 Å². The Morgan fingerprint density at radius 1 is 1.09 bits per heavy atom. The van der Waals surface area contributed by atoms with Crippen molar-refractivity contribution in [1.29, 1.82) is 5.26 Å². The molecule has 0 aromatic heterocycles. The van der Waals surface area contributed by atoms with Gasteiger partial charge in [-0.1, -0.05) is 82.0 Å². The van der Waals surface area contributed by atoms with Gasteiger partial charge in [0.15, 0.2) is 5.78 Å². The minimum atomic E-state index is -0.455. The molecule has 5 nitrogen and oxygen atoms in total. The van der Waals surface area contributed by atoms with Gasteiger partial charge in [0.05, 0.1) is 23.9 Å². The maximum absolute atomic E-state index is 13.8. The SMILES string of the molecule is CCCCC(CC)CC(=O)/C(=C(\c1ccc(C#N)cc1)N1CCOC1=O)c1ccccc1. The molecule has 1 atom stereocenters. The average molecular weight is 431 g/mol. The summed E-state index contributed by atoms with van der Waals surface area (Å²) in [6.45, 7) is 4.94. The molecule has 2 aromatic rings. The van der Waals surface area contributed by atoms with E-state index in [2.05, 4.69) is 19.9 Å². The van der Waals surface area contributed by atoms with E-state index in [1.54, 1.807) is 29.2 Å². The number of Topliss-reactive ketones (excluding diaryl/α,β-unsaturated/α-hetero) is 1. The average Bonchev–Trinajstić information content (AvgIpc) is 3.25. The summed E-state index contributed by atoms with van der Waals surface area (Å²) >= 11 is 0. The molecule has 1 aliphatic heterocycles. The zero-order chi connectivity index (χ0) is 22.9. The fourth-order valence-electron chi connectivity index (χ4n) is 4.08. The number of rotatable bonds is 10. The van der Waals surface area contributed by atoms with Gasteiger partial charge in [-0.05, 0) is 29.2 Å². The monoisotopic (exact) mass is 430 g/mol. The molecule has 0 aliphatic carbocycles. The maximum Gasteiger partial charge on any atom is 0.414 e. The fourth-order valence-corrected chi connectivity index (χ4v) is 4.08. The Morgan fingerprint density at radius 3 is 2.38 bits per heavy atom. The summed E-state index contributed by atoms with van der Waals surface area (Å²) in [6, 6.07) is 18.7. The van der Waals surface area contributed by atoms with Crippen LogP contribution in [0.1, 0.15) is 62.6 Å².